The lowest BCUT2D eigenvalue weighted by atomic mass is 9.62. The van der Waals surface area contributed by atoms with Crippen molar-refractivity contribution in [3.8, 4) is 0 Å². The van der Waals surface area contributed by atoms with E-state index in [-0.39, 0.29) is 10.8 Å². The summed E-state index contributed by atoms with van der Waals surface area (Å²) in [7, 11) is 0. The Hall–Kier alpha value is -0.0800. The highest BCUT2D eigenvalue weighted by Crippen LogP contribution is 2.61. The van der Waals surface area contributed by atoms with Gasteiger partial charge in [0.2, 0.25) is 0 Å². The Morgan fingerprint density at radius 3 is 2.05 bits per heavy atom. The molecule has 2 saturated carbocycles. The first-order valence-corrected chi connectivity index (χ1v) is 8.41. The van der Waals surface area contributed by atoms with Gasteiger partial charge in [-0.25, -0.2) is 0 Å². The highest BCUT2D eigenvalue weighted by atomic mass is 16.3. The van der Waals surface area contributed by atoms with Crippen LogP contribution >= 0.6 is 0 Å². The molecule has 2 fully saturated rings. The van der Waals surface area contributed by atoms with Crippen LogP contribution in [0.3, 0.4) is 0 Å². The van der Waals surface area contributed by atoms with Crippen molar-refractivity contribution >= 4 is 0 Å². The predicted octanol–water partition coefficient (Wildman–Crippen LogP) is 4.39. The van der Waals surface area contributed by atoms with Crippen LogP contribution in [0.2, 0.25) is 0 Å². The van der Waals surface area contributed by atoms with Crippen molar-refractivity contribution in [1.82, 2.24) is 0 Å². The molecule has 2 N–H and O–H groups in total. The predicted molar refractivity (Wildman–Crippen MR) is 85.6 cm³/mol. The highest BCUT2D eigenvalue weighted by Gasteiger charge is 2.57. The van der Waals surface area contributed by atoms with Crippen LogP contribution in [0.4, 0.5) is 0 Å². The Morgan fingerprint density at radius 1 is 1.05 bits per heavy atom. The van der Waals surface area contributed by atoms with Gasteiger partial charge in [0.15, 0.2) is 0 Å². The van der Waals surface area contributed by atoms with E-state index in [0.29, 0.717) is 18.3 Å². The molecule has 0 heterocycles. The summed E-state index contributed by atoms with van der Waals surface area (Å²) in [5.74, 6) is 1.27. The molecule has 120 valence electrons. The Bertz CT molecular complexity index is 321. The van der Waals surface area contributed by atoms with E-state index in [9.17, 15) is 10.2 Å². The molecule has 0 aromatic carbocycles. The Labute approximate surface area is 126 Å². The molecular weight excluding hydrogens is 248 g/mol. The molecule has 0 amide bonds. The van der Waals surface area contributed by atoms with Crippen LogP contribution in [0.5, 0.6) is 0 Å². The summed E-state index contributed by atoms with van der Waals surface area (Å²) in [4.78, 5) is 0. The molecule has 5 atom stereocenters. The fourth-order valence-corrected chi connectivity index (χ4v) is 4.85. The van der Waals surface area contributed by atoms with E-state index in [1.54, 1.807) is 6.92 Å². The zero-order valence-corrected chi connectivity index (χ0v) is 14.7. The second-order valence-corrected chi connectivity index (χ2v) is 8.49. The lowest BCUT2D eigenvalue weighted by Gasteiger charge is -2.42. The van der Waals surface area contributed by atoms with Crippen LogP contribution < -0.4 is 0 Å². The molecule has 0 spiro atoms. The van der Waals surface area contributed by atoms with Crippen molar-refractivity contribution in [2.45, 2.75) is 92.3 Å². The van der Waals surface area contributed by atoms with Crippen LogP contribution in [0, 0.1) is 22.7 Å². The van der Waals surface area contributed by atoms with Gasteiger partial charge in [-0.3, -0.25) is 0 Å². The van der Waals surface area contributed by atoms with Crippen molar-refractivity contribution < 1.29 is 10.2 Å². The number of hydrogen-bond donors (Lipinski definition) is 2. The van der Waals surface area contributed by atoms with Crippen LogP contribution in [-0.4, -0.2) is 21.9 Å². The average Bonchev–Trinajstić information content (AvgIpc) is 2.52. The number of rotatable bonds is 0. The number of aliphatic hydroxyl groups is 2. The monoisotopic (exact) mass is 284 g/mol. The van der Waals surface area contributed by atoms with Crippen LogP contribution in [0.15, 0.2) is 0 Å². The molecule has 2 aliphatic carbocycles. The van der Waals surface area contributed by atoms with E-state index in [2.05, 4.69) is 41.5 Å². The quantitative estimate of drug-likeness (QED) is 0.692. The van der Waals surface area contributed by atoms with Gasteiger partial charge in [0.1, 0.15) is 0 Å². The smallest absolute Gasteiger partial charge is 0.0882 e. The van der Waals surface area contributed by atoms with Crippen molar-refractivity contribution in [3.05, 3.63) is 0 Å². The molecule has 0 aromatic heterocycles. The van der Waals surface area contributed by atoms with Gasteiger partial charge < -0.3 is 10.2 Å². The minimum Gasteiger partial charge on any atom is -0.390 e. The van der Waals surface area contributed by atoms with Gasteiger partial charge in [-0.2, -0.15) is 0 Å². The molecule has 0 bridgehead atoms. The highest BCUT2D eigenvalue weighted by molar-refractivity contribution is 5.07. The summed E-state index contributed by atoms with van der Waals surface area (Å²) >= 11 is 0. The molecule has 0 aromatic rings. The summed E-state index contributed by atoms with van der Waals surface area (Å²) in [5.41, 5.74) is -0.638. The number of hydrogen-bond acceptors (Lipinski definition) is 2. The lowest BCUT2D eigenvalue weighted by Crippen LogP contribution is -2.41. The summed E-state index contributed by atoms with van der Waals surface area (Å²) in [6.07, 6.45) is 4.62. The molecule has 2 heteroatoms. The fourth-order valence-electron chi connectivity index (χ4n) is 4.85. The van der Waals surface area contributed by atoms with Gasteiger partial charge in [-0.15, -0.1) is 0 Å². The summed E-state index contributed by atoms with van der Waals surface area (Å²) in [5, 5.41) is 20.8. The molecule has 0 aliphatic heterocycles. The minimum absolute atomic E-state index is 0.112. The van der Waals surface area contributed by atoms with Gasteiger partial charge in [0.25, 0.3) is 0 Å². The first-order valence-electron chi connectivity index (χ1n) is 8.41. The van der Waals surface area contributed by atoms with E-state index in [1.807, 2.05) is 0 Å². The van der Waals surface area contributed by atoms with Crippen molar-refractivity contribution in [1.29, 1.82) is 0 Å². The largest absolute Gasteiger partial charge is 0.390 e. The van der Waals surface area contributed by atoms with Crippen molar-refractivity contribution in [2.24, 2.45) is 22.7 Å². The molecule has 4 unspecified atom stereocenters. The van der Waals surface area contributed by atoms with E-state index in [0.717, 1.165) is 6.42 Å². The maximum absolute atomic E-state index is 10.5. The third kappa shape index (κ3) is 3.22. The molecule has 20 heavy (non-hydrogen) atoms. The second kappa shape index (κ2) is 5.96. The molecule has 0 saturated heterocycles. The maximum Gasteiger partial charge on any atom is 0.0882 e. The Morgan fingerprint density at radius 2 is 1.55 bits per heavy atom. The molecule has 2 nitrogen and oxygen atoms in total. The zero-order chi connectivity index (χ0) is 15.8. The third-order valence-electron chi connectivity index (χ3n) is 5.92. The zero-order valence-electron chi connectivity index (χ0n) is 14.7. The normalized spacial score (nSPS) is 47.0. The van der Waals surface area contributed by atoms with Gasteiger partial charge in [-0.1, -0.05) is 48.0 Å². The van der Waals surface area contributed by atoms with E-state index in [4.69, 9.17) is 0 Å². The summed E-state index contributed by atoms with van der Waals surface area (Å²) in [6.45, 7) is 15.2. The topological polar surface area (TPSA) is 40.5 Å². The van der Waals surface area contributed by atoms with Crippen LogP contribution in [0.1, 0.15) is 80.6 Å². The first-order chi connectivity index (χ1) is 9.01. The summed E-state index contributed by atoms with van der Waals surface area (Å²) < 4.78 is 0. The standard InChI is InChI=1S/C15H28O2.C3H8/c1-10-6-7-11-13(2,3)9-15(5,17)12(16)8-14(10,11)4;1-3-2/h10-12,16-17H,6-9H2,1-5H3;3H2,1-2H3/t10?,11?,12?,14-,15?;/m1./s1. The average molecular weight is 284 g/mol. The molecule has 0 radical (unpaired) electrons. The maximum atomic E-state index is 10.5. The van der Waals surface area contributed by atoms with Crippen LogP contribution in [-0.2, 0) is 0 Å². The lowest BCUT2D eigenvalue weighted by molar-refractivity contribution is -0.0847. The van der Waals surface area contributed by atoms with Gasteiger partial charge in [0, 0.05) is 0 Å². The Balaban J connectivity index is 0.000000612. The second-order valence-electron chi connectivity index (χ2n) is 8.49. The number of fused-ring (bicyclic) bond motifs is 1. The van der Waals surface area contributed by atoms with Gasteiger partial charge in [-0.05, 0) is 55.3 Å². The van der Waals surface area contributed by atoms with Gasteiger partial charge in [0.05, 0.1) is 11.7 Å². The first kappa shape index (κ1) is 18.0. The SMILES string of the molecule is CC1CCC2C(C)(C)CC(C)(O)C(O)C[C@]12C.CCC. The minimum atomic E-state index is -0.934. The Kier molecular flexibility index (Phi) is 5.36. The van der Waals surface area contributed by atoms with Crippen LogP contribution in [0.25, 0.3) is 0 Å². The van der Waals surface area contributed by atoms with Crippen molar-refractivity contribution in [2.75, 3.05) is 0 Å². The van der Waals surface area contributed by atoms with Gasteiger partial charge >= 0.3 is 0 Å². The van der Waals surface area contributed by atoms with E-state index < -0.39 is 11.7 Å². The third-order valence-corrected chi connectivity index (χ3v) is 5.92. The molecule has 2 aliphatic rings. The molecule has 2 rings (SSSR count). The number of aliphatic hydroxyl groups excluding tert-OH is 1. The summed E-state index contributed by atoms with van der Waals surface area (Å²) in [6, 6.07) is 0. The van der Waals surface area contributed by atoms with Crippen molar-refractivity contribution in [3.63, 3.8) is 0 Å². The molecular formula is C18H36O2. The van der Waals surface area contributed by atoms with E-state index in [1.165, 1.54) is 19.3 Å². The van der Waals surface area contributed by atoms with E-state index >= 15 is 0 Å². The fraction of sp³-hybridized carbons (Fsp3) is 1.00.